The monoisotopic (exact) mass is 372 g/mol. The Kier molecular flexibility index (Phi) is 5.63. The lowest BCUT2D eigenvalue weighted by molar-refractivity contribution is 0.0785. The quantitative estimate of drug-likeness (QED) is 0.638. The zero-order valence-electron chi connectivity index (χ0n) is 15.6. The summed E-state index contributed by atoms with van der Waals surface area (Å²) in [7, 11) is 1.77. The fourth-order valence-corrected chi connectivity index (χ4v) is 3.46. The average molecular weight is 372 g/mol. The van der Waals surface area contributed by atoms with Gasteiger partial charge in [-0.05, 0) is 20.0 Å². The highest BCUT2D eigenvalue weighted by Gasteiger charge is 2.19. The molecule has 0 aromatic carbocycles. The lowest BCUT2D eigenvalue weighted by atomic mass is 10.2. The van der Waals surface area contributed by atoms with Crippen molar-refractivity contribution in [2.45, 2.75) is 33.9 Å². The van der Waals surface area contributed by atoms with E-state index in [1.165, 1.54) is 0 Å². The molecule has 26 heavy (non-hydrogen) atoms. The van der Waals surface area contributed by atoms with Gasteiger partial charge in [0.1, 0.15) is 5.56 Å². The Bertz CT molecular complexity index is 898. The first-order valence-electron chi connectivity index (χ1n) is 8.72. The second kappa shape index (κ2) is 7.92. The van der Waals surface area contributed by atoms with Crippen molar-refractivity contribution in [3.05, 3.63) is 45.8 Å². The number of rotatable bonds is 7. The lowest BCUT2D eigenvalue weighted by Gasteiger charge is -2.17. The molecule has 0 aliphatic heterocycles. The van der Waals surface area contributed by atoms with Crippen LogP contribution in [0.1, 0.15) is 40.5 Å². The smallest absolute Gasteiger partial charge is 0.259 e. The molecule has 0 radical (unpaired) electrons. The number of aryl methyl sites for hydroxylation is 1. The number of aromatic nitrogens is 4. The van der Waals surface area contributed by atoms with Gasteiger partial charge in [-0.2, -0.15) is 5.10 Å². The van der Waals surface area contributed by atoms with Gasteiger partial charge >= 0.3 is 0 Å². The van der Waals surface area contributed by atoms with Gasteiger partial charge in [0.15, 0.2) is 5.65 Å². The molecule has 3 heterocycles. The molecule has 0 N–H and O–H groups in total. The first kappa shape index (κ1) is 18.5. The molecule has 0 aliphatic carbocycles. The van der Waals surface area contributed by atoms with E-state index in [2.05, 4.69) is 33.8 Å². The molecule has 3 rings (SSSR count). The van der Waals surface area contributed by atoms with E-state index in [1.54, 1.807) is 34.0 Å². The van der Waals surface area contributed by atoms with Crippen molar-refractivity contribution in [3.8, 4) is 0 Å². The third kappa shape index (κ3) is 3.91. The number of carbonyl (C=O) groups is 1. The van der Waals surface area contributed by atoms with Crippen LogP contribution in [-0.4, -0.2) is 55.4 Å². The van der Waals surface area contributed by atoms with Gasteiger partial charge in [0.05, 0.1) is 23.4 Å². The van der Waals surface area contributed by atoms with E-state index in [4.69, 9.17) is 0 Å². The van der Waals surface area contributed by atoms with Crippen LogP contribution in [0.15, 0.2) is 24.0 Å². The summed E-state index contributed by atoms with van der Waals surface area (Å²) < 4.78 is 1.69. The largest absolute Gasteiger partial charge is 0.336 e. The minimum atomic E-state index is -0.102. The molecule has 8 heteroatoms. The summed E-state index contributed by atoms with van der Waals surface area (Å²) in [6.07, 6.45) is 5.37. The number of fused-ring (bicyclic) bond motifs is 1. The molecule has 0 atom stereocenters. The van der Waals surface area contributed by atoms with Crippen LogP contribution in [0.5, 0.6) is 0 Å². The number of nitrogens with zero attached hydrogens (tertiary/aromatic N) is 6. The Morgan fingerprint density at radius 2 is 2.00 bits per heavy atom. The van der Waals surface area contributed by atoms with Crippen molar-refractivity contribution in [3.63, 3.8) is 0 Å². The molecule has 0 aliphatic rings. The Hall–Kier alpha value is -2.32. The first-order valence-corrected chi connectivity index (χ1v) is 9.60. The Morgan fingerprint density at radius 3 is 2.65 bits per heavy atom. The topological polar surface area (TPSA) is 66.6 Å². The van der Waals surface area contributed by atoms with Crippen molar-refractivity contribution in [2.75, 3.05) is 20.1 Å². The van der Waals surface area contributed by atoms with Crippen LogP contribution in [0.25, 0.3) is 5.65 Å². The molecule has 138 valence electrons. The Balaban J connectivity index is 1.78. The van der Waals surface area contributed by atoms with Crippen molar-refractivity contribution in [1.82, 2.24) is 29.4 Å². The van der Waals surface area contributed by atoms with Crippen molar-refractivity contribution in [1.29, 1.82) is 0 Å². The minimum absolute atomic E-state index is 0.102. The Morgan fingerprint density at radius 1 is 1.23 bits per heavy atom. The molecule has 0 fully saturated rings. The van der Waals surface area contributed by atoms with Crippen LogP contribution in [0.4, 0.5) is 0 Å². The molecule has 1 amide bonds. The Labute approximate surface area is 157 Å². The molecular weight excluding hydrogens is 348 g/mol. The van der Waals surface area contributed by atoms with E-state index < -0.39 is 0 Å². The zero-order valence-corrected chi connectivity index (χ0v) is 16.5. The van der Waals surface area contributed by atoms with Gasteiger partial charge in [0.2, 0.25) is 0 Å². The van der Waals surface area contributed by atoms with Crippen LogP contribution in [0.3, 0.4) is 0 Å². The van der Waals surface area contributed by atoms with E-state index in [-0.39, 0.29) is 5.91 Å². The van der Waals surface area contributed by atoms with E-state index in [0.29, 0.717) is 17.8 Å². The number of hydrogen-bond donors (Lipinski definition) is 0. The van der Waals surface area contributed by atoms with Gasteiger partial charge < -0.3 is 4.90 Å². The van der Waals surface area contributed by atoms with E-state index in [1.807, 2.05) is 24.7 Å². The van der Waals surface area contributed by atoms with Gasteiger partial charge in [-0.25, -0.2) is 14.5 Å². The molecule has 3 aromatic rings. The number of thiazole rings is 1. The van der Waals surface area contributed by atoms with E-state index in [0.717, 1.165) is 35.9 Å². The summed E-state index contributed by atoms with van der Waals surface area (Å²) >= 11 is 1.59. The van der Waals surface area contributed by atoms with Crippen LogP contribution >= 0.6 is 11.3 Å². The van der Waals surface area contributed by atoms with Gasteiger partial charge in [-0.15, -0.1) is 11.3 Å². The molecule has 0 saturated carbocycles. The van der Waals surface area contributed by atoms with E-state index >= 15 is 0 Å². The molecule has 0 unspecified atom stereocenters. The summed E-state index contributed by atoms with van der Waals surface area (Å²) in [5.74, 6) is -0.102. The van der Waals surface area contributed by atoms with Gasteiger partial charge in [0, 0.05) is 36.9 Å². The standard InChI is InChI=1S/C18H24N6OS/c1-5-23(6-2)9-14-7-19-17-16(8-20-24(17)10-14)18(25)22(4)11-15-12-26-13(3)21-15/h7-8,10,12H,5-6,9,11H2,1-4H3. The van der Waals surface area contributed by atoms with Gasteiger partial charge in [-0.3, -0.25) is 9.69 Å². The fraction of sp³-hybridized carbons (Fsp3) is 0.444. The third-order valence-corrected chi connectivity index (χ3v) is 5.18. The molecule has 0 saturated heterocycles. The fourth-order valence-electron chi connectivity index (χ4n) is 2.85. The highest BCUT2D eigenvalue weighted by atomic mass is 32.1. The maximum absolute atomic E-state index is 12.8. The number of amides is 1. The zero-order chi connectivity index (χ0) is 18.7. The predicted octanol–water partition coefficient (Wildman–Crippen LogP) is 2.61. The van der Waals surface area contributed by atoms with Crippen LogP contribution in [-0.2, 0) is 13.1 Å². The SMILES string of the molecule is CCN(CC)Cc1cnc2c(C(=O)N(C)Cc3csc(C)n3)cnn2c1. The van der Waals surface area contributed by atoms with Crippen molar-refractivity contribution in [2.24, 2.45) is 0 Å². The highest BCUT2D eigenvalue weighted by molar-refractivity contribution is 7.09. The number of hydrogen-bond acceptors (Lipinski definition) is 6. The highest BCUT2D eigenvalue weighted by Crippen LogP contribution is 2.15. The second-order valence-electron chi connectivity index (χ2n) is 6.27. The van der Waals surface area contributed by atoms with Gasteiger partial charge in [0.25, 0.3) is 5.91 Å². The maximum Gasteiger partial charge on any atom is 0.259 e. The maximum atomic E-state index is 12.8. The number of carbonyl (C=O) groups excluding carboxylic acids is 1. The lowest BCUT2D eigenvalue weighted by Crippen LogP contribution is -2.26. The minimum Gasteiger partial charge on any atom is -0.336 e. The summed E-state index contributed by atoms with van der Waals surface area (Å²) in [6.45, 7) is 9.50. The molecule has 7 nitrogen and oxygen atoms in total. The summed E-state index contributed by atoms with van der Waals surface area (Å²) in [5, 5.41) is 7.31. The molecule has 0 spiro atoms. The normalized spacial score (nSPS) is 11.4. The summed E-state index contributed by atoms with van der Waals surface area (Å²) in [6, 6.07) is 0. The third-order valence-electron chi connectivity index (χ3n) is 4.35. The van der Waals surface area contributed by atoms with Gasteiger partial charge in [-0.1, -0.05) is 13.8 Å². The molecular formula is C18H24N6OS. The van der Waals surface area contributed by atoms with Crippen molar-refractivity contribution >= 4 is 22.9 Å². The summed E-state index contributed by atoms with van der Waals surface area (Å²) in [5.41, 5.74) is 3.07. The molecule has 3 aromatic heterocycles. The first-order chi connectivity index (χ1) is 12.5. The molecule has 0 bridgehead atoms. The average Bonchev–Trinajstić information content (AvgIpc) is 3.24. The summed E-state index contributed by atoms with van der Waals surface area (Å²) in [4.78, 5) is 25.6. The van der Waals surface area contributed by atoms with Crippen LogP contribution < -0.4 is 0 Å². The van der Waals surface area contributed by atoms with E-state index in [9.17, 15) is 4.79 Å². The van der Waals surface area contributed by atoms with Crippen molar-refractivity contribution < 1.29 is 4.79 Å². The second-order valence-corrected chi connectivity index (χ2v) is 7.33. The van der Waals surface area contributed by atoms with Crippen LogP contribution in [0, 0.1) is 6.92 Å². The van der Waals surface area contributed by atoms with Crippen LogP contribution in [0.2, 0.25) is 0 Å². The predicted molar refractivity (Wildman–Crippen MR) is 102 cm³/mol.